The van der Waals surface area contributed by atoms with Gasteiger partial charge in [0.25, 0.3) is 0 Å². The molecule has 1 spiro atoms. The summed E-state index contributed by atoms with van der Waals surface area (Å²) in [7, 11) is 1.42. The topological polar surface area (TPSA) is 64.6 Å². The normalized spacial score (nSPS) is 30.9. The molecule has 1 aliphatic carbocycles. The van der Waals surface area contributed by atoms with Gasteiger partial charge in [0.1, 0.15) is 0 Å². The molecule has 0 aromatic heterocycles. The number of carbonyl (C=O) groups is 2. The van der Waals surface area contributed by atoms with Gasteiger partial charge in [0.2, 0.25) is 5.91 Å². The van der Waals surface area contributed by atoms with E-state index in [0.29, 0.717) is 12.8 Å². The lowest BCUT2D eigenvalue weighted by atomic mass is 9.72. The van der Waals surface area contributed by atoms with Gasteiger partial charge in [-0.2, -0.15) is 0 Å². The van der Waals surface area contributed by atoms with Crippen LogP contribution in [0.1, 0.15) is 71.1 Å². The first-order chi connectivity index (χ1) is 11.1. The first kappa shape index (κ1) is 18.2. The molecule has 5 heteroatoms. The fourth-order valence-corrected chi connectivity index (χ4v) is 3.92. The van der Waals surface area contributed by atoms with Crippen LogP contribution in [0.15, 0.2) is 0 Å². The van der Waals surface area contributed by atoms with Gasteiger partial charge in [-0.15, -0.1) is 0 Å². The fourth-order valence-electron chi connectivity index (χ4n) is 3.92. The second kappa shape index (κ2) is 8.67. The number of hydrogen-bond donors (Lipinski definition) is 1. The molecule has 0 radical (unpaired) electrons. The molecule has 5 nitrogen and oxygen atoms in total. The van der Waals surface area contributed by atoms with Crippen LogP contribution in [0.3, 0.4) is 0 Å². The number of esters is 1. The molecule has 2 fully saturated rings. The molecule has 23 heavy (non-hydrogen) atoms. The van der Waals surface area contributed by atoms with Crippen LogP contribution in [0.5, 0.6) is 0 Å². The molecule has 1 heterocycles. The molecule has 0 aromatic carbocycles. The highest BCUT2D eigenvalue weighted by Gasteiger charge is 2.46. The monoisotopic (exact) mass is 325 g/mol. The molecule has 3 unspecified atom stereocenters. The summed E-state index contributed by atoms with van der Waals surface area (Å²) in [5, 5.41) is 3.07. The molecule has 2 aliphatic rings. The van der Waals surface area contributed by atoms with E-state index in [0.717, 1.165) is 58.0 Å². The molecule has 3 atom stereocenters. The predicted octanol–water partition coefficient (Wildman–Crippen LogP) is 2.96. The fraction of sp³-hybridized carbons (Fsp3) is 0.889. The van der Waals surface area contributed by atoms with E-state index < -0.39 is 0 Å². The van der Waals surface area contributed by atoms with E-state index in [4.69, 9.17) is 9.47 Å². The van der Waals surface area contributed by atoms with Gasteiger partial charge in [0.05, 0.1) is 18.6 Å². The average Bonchev–Trinajstić information content (AvgIpc) is 2.57. The second-order valence-electron chi connectivity index (χ2n) is 6.99. The summed E-state index contributed by atoms with van der Waals surface area (Å²) in [6.07, 6.45) is 9.25. The Hall–Kier alpha value is -1.10. The number of unbranched alkanes of at least 4 members (excludes halogenated alkanes) is 2. The summed E-state index contributed by atoms with van der Waals surface area (Å²) >= 11 is 0. The Morgan fingerprint density at radius 3 is 2.74 bits per heavy atom. The molecule has 1 N–H and O–H groups in total. The lowest BCUT2D eigenvalue weighted by molar-refractivity contribution is -0.160. The van der Waals surface area contributed by atoms with E-state index >= 15 is 0 Å². The third-order valence-corrected chi connectivity index (χ3v) is 5.28. The Labute approximate surface area is 139 Å². The predicted molar refractivity (Wildman–Crippen MR) is 88.0 cm³/mol. The van der Waals surface area contributed by atoms with Gasteiger partial charge in [0.15, 0.2) is 0 Å². The van der Waals surface area contributed by atoms with Gasteiger partial charge < -0.3 is 14.8 Å². The second-order valence-corrected chi connectivity index (χ2v) is 6.99. The molecule has 1 saturated carbocycles. The van der Waals surface area contributed by atoms with E-state index in [2.05, 4.69) is 12.2 Å². The SMILES string of the molecule is CCCCCC(=O)NC1CCC2(CCCCO2)CC1C(=O)OC. The molecule has 132 valence electrons. The summed E-state index contributed by atoms with van der Waals surface area (Å²) in [6.45, 7) is 2.90. The van der Waals surface area contributed by atoms with E-state index in [1.54, 1.807) is 0 Å². The molecule has 0 bridgehead atoms. The summed E-state index contributed by atoms with van der Waals surface area (Å²) in [4.78, 5) is 24.3. The Balaban J connectivity index is 1.95. The highest BCUT2D eigenvalue weighted by atomic mass is 16.5. The molecular weight excluding hydrogens is 294 g/mol. The van der Waals surface area contributed by atoms with Gasteiger partial charge in [0, 0.05) is 19.1 Å². The maximum absolute atomic E-state index is 12.2. The first-order valence-corrected chi connectivity index (χ1v) is 9.11. The highest BCUT2D eigenvalue weighted by Crippen LogP contribution is 2.41. The van der Waals surface area contributed by atoms with Crippen molar-refractivity contribution in [2.75, 3.05) is 13.7 Å². The minimum absolute atomic E-state index is 0.0536. The zero-order valence-electron chi connectivity index (χ0n) is 14.6. The standard InChI is InChI=1S/C18H31NO4/c1-3-4-5-8-16(20)19-15-9-11-18(10-6-7-12-23-18)13-14(15)17(21)22-2/h14-15H,3-13H2,1-2H3,(H,19,20). The van der Waals surface area contributed by atoms with Gasteiger partial charge in [-0.25, -0.2) is 0 Å². The summed E-state index contributed by atoms with van der Waals surface area (Å²) < 4.78 is 11.0. The van der Waals surface area contributed by atoms with Crippen LogP contribution in [-0.2, 0) is 19.1 Å². The van der Waals surface area contributed by atoms with Gasteiger partial charge in [-0.3, -0.25) is 9.59 Å². The van der Waals surface area contributed by atoms with Crippen molar-refractivity contribution in [3.05, 3.63) is 0 Å². The first-order valence-electron chi connectivity index (χ1n) is 9.11. The average molecular weight is 325 g/mol. The number of methoxy groups -OCH3 is 1. The zero-order valence-corrected chi connectivity index (χ0v) is 14.6. The smallest absolute Gasteiger partial charge is 0.310 e. The van der Waals surface area contributed by atoms with E-state index in [1.807, 2.05) is 0 Å². The molecule has 1 amide bonds. The lowest BCUT2D eigenvalue weighted by Crippen LogP contribution is -2.53. The molecule has 1 saturated heterocycles. The summed E-state index contributed by atoms with van der Waals surface area (Å²) in [5.41, 5.74) is -0.180. The third-order valence-electron chi connectivity index (χ3n) is 5.28. The van der Waals surface area contributed by atoms with Crippen molar-refractivity contribution < 1.29 is 19.1 Å². The van der Waals surface area contributed by atoms with Gasteiger partial charge in [-0.1, -0.05) is 19.8 Å². The highest BCUT2D eigenvalue weighted by molar-refractivity contribution is 5.78. The largest absolute Gasteiger partial charge is 0.469 e. The Morgan fingerprint density at radius 2 is 2.09 bits per heavy atom. The molecular formula is C18H31NO4. The maximum Gasteiger partial charge on any atom is 0.310 e. The Kier molecular flexibility index (Phi) is 6.88. The van der Waals surface area contributed by atoms with Crippen molar-refractivity contribution >= 4 is 11.9 Å². The third kappa shape index (κ3) is 4.93. The van der Waals surface area contributed by atoms with Crippen molar-refractivity contribution in [2.24, 2.45) is 5.92 Å². The lowest BCUT2D eigenvalue weighted by Gasteiger charge is -2.45. The van der Waals surface area contributed by atoms with E-state index in [9.17, 15) is 9.59 Å². The number of ether oxygens (including phenoxy) is 2. The van der Waals surface area contributed by atoms with Crippen LogP contribution in [0.4, 0.5) is 0 Å². The minimum Gasteiger partial charge on any atom is -0.469 e. The van der Waals surface area contributed by atoms with Crippen molar-refractivity contribution in [3.63, 3.8) is 0 Å². The van der Waals surface area contributed by atoms with Crippen LogP contribution < -0.4 is 5.32 Å². The van der Waals surface area contributed by atoms with Gasteiger partial charge in [-0.05, 0) is 44.9 Å². The van der Waals surface area contributed by atoms with Crippen molar-refractivity contribution in [3.8, 4) is 0 Å². The number of rotatable bonds is 6. The number of hydrogen-bond acceptors (Lipinski definition) is 4. The van der Waals surface area contributed by atoms with Crippen LogP contribution in [0, 0.1) is 5.92 Å². The van der Waals surface area contributed by atoms with Crippen LogP contribution in [-0.4, -0.2) is 37.2 Å². The van der Waals surface area contributed by atoms with E-state index in [-0.39, 0.29) is 29.4 Å². The van der Waals surface area contributed by atoms with Crippen LogP contribution in [0.25, 0.3) is 0 Å². The Bertz CT molecular complexity index is 404. The van der Waals surface area contributed by atoms with Crippen molar-refractivity contribution in [1.29, 1.82) is 0 Å². The van der Waals surface area contributed by atoms with Crippen molar-refractivity contribution in [2.45, 2.75) is 82.8 Å². The van der Waals surface area contributed by atoms with Crippen LogP contribution >= 0.6 is 0 Å². The zero-order chi connectivity index (χ0) is 16.7. The minimum atomic E-state index is -0.290. The summed E-state index contributed by atoms with van der Waals surface area (Å²) in [5.74, 6) is -0.461. The van der Waals surface area contributed by atoms with Gasteiger partial charge >= 0.3 is 5.97 Å². The number of amides is 1. The summed E-state index contributed by atoms with van der Waals surface area (Å²) in [6, 6.07) is -0.118. The van der Waals surface area contributed by atoms with Crippen LogP contribution in [0.2, 0.25) is 0 Å². The van der Waals surface area contributed by atoms with Crippen molar-refractivity contribution in [1.82, 2.24) is 5.32 Å². The van der Waals surface area contributed by atoms with E-state index in [1.165, 1.54) is 7.11 Å². The Morgan fingerprint density at radius 1 is 1.26 bits per heavy atom. The quantitative estimate of drug-likeness (QED) is 0.602. The molecule has 2 rings (SSSR count). The number of carbonyl (C=O) groups excluding carboxylic acids is 2. The molecule has 0 aromatic rings. The molecule has 1 aliphatic heterocycles. The maximum atomic E-state index is 12.2. The number of nitrogens with one attached hydrogen (secondary N) is 1.